The van der Waals surface area contributed by atoms with Crippen LogP contribution >= 0.6 is 27.5 Å². The molecule has 0 bridgehead atoms. The van der Waals surface area contributed by atoms with Crippen LogP contribution in [-0.4, -0.2) is 39.9 Å². The smallest absolute Gasteiger partial charge is 0.242 e. The Bertz CT molecular complexity index is 575. The number of rotatable bonds is 5. The zero-order valence-electron chi connectivity index (χ0n) is 10.5. The minimum Gasteiger partial charge on any atom is -0.349 e. The summed E-state index contributed by atoms with van der Waals surface area (Å²) in [7, 11) is -0.476. The van der Waals surface area contributed by atoms with Gasteiger partial charge < -0.3 is 4.90 Å². The summed E-state index contributed by atoms with van der Waals surface area (Å²) < 4.78 is 27.0. The van der Waals surface area contributed by atoms with Gasteiger partial charge in [-0.05, 0) is 18.2 Å². The van der Waals surface area contributed by atoms with Gasteiger partial charge in [0, 0.05) is 31.5 Å². The lowest BCUT2D eigenvalue weighted by molar-refractivity contribution is -0.128. The Hall–Kier alpha value is -0.630. The number of halogens is 2. The van der Waals surface area contributed by atoms with E-state index in [0.29, 0.717) is 4.47 Å². The molecule has 0 aliphatic rings. The van der Waals surface area contributed by atoms with Crippen molar-refractivity contribution in [1.29, 1.82) is 0 Å². The molecule has 0 unspecified atom stereocenters. The van der Waals surface area contributed by atoms with Crippen LogP contribution < -0.4 is 4.72 Å². The van der Waals surface area contributed by atoms with Crippen LogP contribution in [0.1, 0.15) is 6.42 Å². The maximum Gasteiger partial charge on any atom is 0.242 e. The van der Waals surface area contributed by atoms with E-state index >= 15 is 0 Å². The van der Waals surface area contributed by atoms with Gasteiger partial charge in [-0.25, -0.2) is 13.1 Å². The molecular formula is C11H14BrClN2O3S. The Morgan fingerprint density at radius 3 is 2.58 bits per heavy atom. The molecule has 0 heterocycles. The molecule has 0 aliphatic heterocycles. The van der Waals surface area contributed by atoms with Gasteiger partial charge in [-0.3, -0.25) is 4.79 Å². The van der Waals surface area contributed by atoms with Crippen LogP contribution in [0, 0.1) is 0 Å². The first kappa shape index (κ1) is 16.4. The van der Waals surface area contributed by atoms with E-state index in [1.165, 1.54) is 17.0 Å². The van der Waals surface area contributed by atoms with Crippen molar-refractivity contribution in [3.05, 3.63) is 27.7 Å². The molecular weight excluding hydrogens is 356 g/mol. The fraction of sp³-hybridized carbons (Fsp3) is 0.364. The van der Waals surface area contributed by atoms with Gasteiger partial charge >= 0.3 is 0 Å². The Morgan fingerprint density at radius 2 is 2.05 bits per heavy atom. The maximum absolute atomic E-state index is 12.0. The summed E-state index contributed by atoms with van der Waals surface area (Å²) in [6.45, 7) is 0.0335. The summed E-state index contributed by atoms with van der Waals surface area (Å²) in [6, 6.07) is 4.50. The number of carbonyl (C=O) groups is 1. The van der Waals surface area contributed by atoms with Crippen LogP contribution in [-0.2, 0) is 14.8 Å². The van der Waals surface area contributed by atoms with Crippen molar-refractivity contribution in [3.8, 4) is 0 Å². The maximum atomic E-state index is 12.0. The van der Waals surface area contributed by atoms with Crippen LogP contribution in [0.15, 0.2) is 27.6 Å². The Kier molecular flexibility index (Phi) is 5.79. The summed E-state index contributed by atoms with van der Waals surface area (Å²) in [6.07, 6.45) is 0.0976. The average Bonchev–Trinajstić information content (AvgIpc) is 2.27. The van der Waals surface area contributed by atoms with Crippen LogP contribution in [0.4, 0.5) is 0 Å². The quantitative estimate of drug-likeness (QED) is 0.861. The van der Waals surface area contributed by atoms with E-state index < -0.39 is 10.0 Å². The Balaban J connectivity index is 2.74. The Labute approximate surface area is 126 Å². The van der Waals surface area contributed by atoms with Gasteiger partial charge in [-0.2, -0.15) is 0 Å². The van der Waals surface area contributed by atoms with Crippen molar-refractivity contribution in [2.45, 2.75) is 11.3 Å². The molecule has 5 nitrogen and oxygen atoms in total. The van der Waals surface area contributed by atoms with E-state index in [9.17, 15) is 13.2 Å². The van der Waals surface area contributed by atoms with Crippen molar-refractivity contribution in [2.75, 3.05) is 20.6 Å². The third kappa shape index (κ3) is 4.76. The van der Waals surface area contributed by atoms with Crippen LogP contribution in [0.3, 0.4) is 0 Å². The second kappa shape index (κ2) is 6.69. The molecule has 1 rings (SSSR count). The number of nitrogens with zero attached hydrogens (tertiary/aromatic N) is 1. The minimum atomic E-state index is -3.70. The lowest BCUT2D eigenvalue weighted by Crippen LogP contribution is -2.30. The number of nitrogens with one attached hydrogen (secondary N) is 1. The van der Waals surface area contributed by atoms with Crippen LogP contribution in [0.2, 0.25) is 5.02 Å². The van der Waals surface area contributed by atoms with Gasteiger partial charge in [-0.15, -0.1) is 0 Å². The van der Waals surface area contributed by atoms with Crippen LogP contribution in [0.25, 0.3) is 0 Å². The Morgan fingerprint density at radius 1 is 1.42 bits per heavy atom. The highest BCUT2D eigenvalue weighted by molar-refractivity contribution is 9.10. The van der Waals surface area contributed by atoms with E-state index in [1.807, 2.05) is 0 Å². The van der Waals surface area contributed by atoms with E-state index in [1.54, 1.807) is 20.2 Å². The lowest BCUT2D eigenvalue weighted by Gasteiger charge is -2.11. The van der Waals surface area contributed by atoms with Gasteiger partial charge in [0.05, 0.1) is 5.02 Å². The molecule has 0 aromatic heterocycles. The summed E-state index contributed by atoms with van der Waals surface area (Å²) in [5, 5.41) is 0.126. The molecule has 1 aromatic rings. The van der Waals surface area contributed by atoms with Gasteiger partial charge in [-0.1, -0.05) is 27.5 Å². The highest BCUT2D eigenvalue weighted by Gasteiger charge is 2.18. The molecule has 0 radical (unpaired) electrons. The first-order valence-corrected chi connectivity index (χ1v) is 8.04. The van der Waals surface area contributed by atoms with E-state index in [4.69, 9.17) is 11.6 Å². The molecule has 8 heteroatoms. The van der Waals surface area contributed by atoms with E-state index in [0.717, 1.165) is 0 Å². The highest BCUT2D eigenvalue weighted by atomic mass is 79.9. The topological polar surface area (TPSA) is 66.5 Å². The molecule has 106 valence electrons. The predicted octanol–water partition coefficient (Wildman–Crippen LogP) is 1.86. The lowest BCUT2D eigenvalue weighted by atomic mass is 10.4. The molecule has 0 fully saturated rings. The SMILES string of the molecule is CN(C)C(=O)CCNS(=O)(=O)c1ccc(Br)cc1Cl. The number of benzene rings is 1. The normalized spacial score (nSPS) is 11.4. The molecule has 0 saturated heterocycles. The monoisotopic (exact) mass is 368 g/mol. The average molecular weight is 370 g/mol. The molecule has 0 saturated carbocycles. The van der Waals surface area contributed by atoms with Gasteiger partial charge in [0.25, 0.3) is 0 Å². The minimum absolute atomic E-state index is 0.00494. The highest BCUT2D eigenvalue weighted by Crippen LogP contribution is 2.24. The third-order valence-corrected chi connectivity index (χ3v) is 4.75. The number of amides is 1. The van der Waals surface area contributed by atoms with Crippen molar-refractivity contribution < 1.29 is 13.2 Å². The second-order valence-electron chi connectivity index (χ2n) is 4.01. The van der Waals surface area contributed by atoms with E-state index in [2.05, 4.69) is 20.7 Å². The van der Waals surface area contributed by atoms with Crippen LogP contribution in [0.5, 0.6) is 0 Å². The van der Waals surface area contributed by atoms with Gasteiger partial charge in [0.2, 0.25) is 15.9 Å². The predicted molar refractivity (Wildman–Crippen MR) is 77.7 cm³/mol. The number of sulfonamides is 1. The van der Waals surface area contributed by atoms with Crippen molar-refractivity contribution >= 4 is 43.5 Å². The molecule has 0 aliphatic carbocycles. The first-order valence-electron chi connectivity index (χ1n) is 5.39. The first-order chi connectivity index (χ1) is 8.74. The van der Waals surface area contributed by atoms with E-state index in [-0.39, 0.29) is 28.8 Å². The summed E-state index contributed by atoms with van der Waals surface area (Å²) in [5.41, 5.74) is 0. The molecule has 1 N–H and O–H groups in total. The van der Waals surface area contributed by atoms with Crippen molar-refractivity contribution in [3.63, 3.8) is 0 Å². The van der Waals surface area contributed by atoms with Gasteiger partial charge in [0.1, 0.15) is 4.90 Å². The molecule has 1 aromatic carbocycles. The largest absolute Gasteiger partial charge is 0.349 e. The number of hydrogen-bond acceptors (Lipinski definition) is 3. The molecule has 19 heavy (non-hydrogen) atoms. The fourth-order valence-corrected chi connectivity index (χ4v) is 3.35. The zero-order valence-corrected chi connectivity index (χ0v) is 13.6. The fourth-order valence-electron chi connectivity index (χ4n) is 1.29. The summed E-state index contributed by atoms with van der Waals surface area (Å²) >= 11 is 9.08. The van der Waals surface area contributed by atoms with Crippen molar-refractivity contribution in [1.82, 2.24) is 9.62 Å². The molecule has 0 spiro atoms. The van der Waals surface area contributed by atoms with Gasteiger partial charge in [0.15, 0.2) is 0 Å². The molecule has 1 amide bonds. The molecule has 0 atom stereocenters. The number of hydrogen-bond donors (Lipinski definition) is 1. The standard InChI is InChI=1S/C11H14BrClN2O3S/c1-15(2)11(16)5-6-14-19(17,18)10-4-3-8(12)7-9(10)13/h3-4,7,14H,5-6H2,1-2H3. The zero-order chi connectivity index (χ0) is 14.6. The van der Waals surface area contributed by atoms with Crippen molar-refractivity contribution in [2.24, 2.45) is 0 Å². The third-order valence-electron chi connectivity index (χ3n) is 2.31. The summed E-state index contributed by atoms with van der Waals surface area (Å²) in [5.74, 6) is -0.149. The second-order valence-corrected chi connectivity index (χ2v) is 7.07. The number of carbonyl (C=O) groups excluding carboxylic acids is 1. The summed E-state index contributed by atoms with van der Waals surface area (Å²) in [4.78, 5) is 12.7.